The van der Waals surface area contributed by atoms with Gasteiger partial charge in [0.15, 0.2) is 5.96 Å². The number of hydrogen-bond donors (Lipinski definition) is 1. The Bertz CT molecular complexity index is 901. The third-order valence-electron chi connectivity index (χ3n) is 6.02. The SMILES string of the molecule is CCNC(=NCc1ccc(N2CCOC(C)C2)nc1)N1CCOC(c2ccccc2C)C1. The summed E-state index contributed by atoms with van der Waals surface area (Å²) >= 11 is 0. The first-order valence-corrected chi connectivity index (χ1v) is 11.7. The van der Waals surface area contributed by atoms with Gasteiger partial charge in [-0.15, -0.1) is 0 Å². The molecular formula is C25H35N5O2. The number of aliphatic imine (C=N–C) groups is 1. The fraction of sp³-hybridized carbons (Fsp3) is 0.520. The van der Waals surface area contributed by atoms with Crippen molar-refractivity contribution >= 4 is 11.8 Å². The average molecular weight is 438 g/mol. The summed E-state index contributed by atoms with van der Waals surface area (Å²) in [6, 6.07) is 12.7. The van der Waals surface area contributed by atoms with Gasteiger partial charge in [-0.2, -0.15) is 0 Å². The van der Waals surface area contributed by atoms with Gasteiger partial charge in [-0.3, -0.25) is 0 Å². The van der Waals surface area contributed by atoms with Gasteiger partial charge in [0.25, 0.3) is 0 Å². The molecule has 32 heavy (non-hydrogen) atoms. The van der Waals surface area contributed by atoms with Crippen LogP contribution in [0.25, 0.3) is 0 Å². The lowest BCUT2D eigenvalue weighted by atomic mass is 10.0. The van der Waals surface area contributed by atoms with Crippen molar-refractivity contribution < 1.29 is 9.47 Å². The number of hydrogen-bond acceptors (Lipinski definition) is 5. The van der Waals surface area contributed by atoms with Crippen LogP contribution in [0.5, 0.6) is 0 Å². The Kier molecular flexibility index (Phi) is 7.60. The minimum Gasteiger partial charge on any atom is -0.375 e. The molecule has 2 aliphatic rings. The van der Waals surface area contributed by atoms with Gasteiger partial charge in [-0.05, 0) is 43.5 Å². The molecule has 0 bridgehead atoms. The fourth-order valence-corrected chi connectivity index (χ4v) is 4.29. The molecule has 2 saturated heterocycles. The van der Waals surface area contributed by atoms with Crippen LogP contribution in [0.1, 0.15) is 36.6 Å². The highest BCUT2D eigenvalue weighted by molar-refractivity contribution is 5.80. The van der Waals surface area contributed by atoms with Gasteiger partial charge in [0.05, 0.1) is 32.4 Å². The van der Waals surface area contributed by atoms with Crippen molar-refractivity contribution in [2.75, 3.05) is 50.8 Å². The number of anilines is 1. The van der Waals surface area contributed by atoms with Gasteiger partial charge in [0, 0.05) is 32.4 Å². The molecule has 0 spiro atoms. The standard InChI is InChI=1S/C25H35N5O2/c1-4-26-25(30-12-14-32-23(18-30)22-8-6-5-7-19(22)2)28-16-21-9-10-24(27-15-21)29-11-13-31-20(3)17-29/h5-10,15,20,23H,4,11-14,16-18H2,1-3H3,(H,26,28). The normalized spacial score (nSPS) is 22.2. The molecule has 0 radical (unpaired) electrons. The molecule has 172 valence electrons. The van der Waals surface area contributed by atoms with Crippen molar-refractivity contribution in [1.82, 2.24) is 15.2 Å². The third-order valence-corrected chi connectivity index (χ3v) is 6.02. The van der Waals surface area contributed by atoms with Crippen LogP contribution in [-0.4, -0.2) is 67.9 Å². The first-order valence-electron chi connectivity index (χ1n) is 11.7. The highest BCUT2D eigenvalue weighted by atomic mass is 16.5. The van der Waals surface area contributed by atoms with E-state index in [-0.39, 0.29) is 12.2 Å². The zero-order valence-electron chi connectivity index (χ0n) is 19.5. The third kappa shape index (κ3) is 5.58. The van der Waals surface area contributed by atoms with Crippen LogP contribution in [0.4, 0.5) is 5.82 Å². The van der Waals surface area contributed by atoms with Crippen molar-refractivity contribution in [2.45, 2.75) is 39.5 Å². The minimum absolute atomic E-state index is 0.0608. The molecule has 0 amide bonds. The fourth-order valence-electron chi connectivity index (χ4n) is 4.29. The zero-order chi connectivity index (χ0) is 22.3. The summed E-state index contributed by atoms with van der Waals surface area (Å²) in [4.78, 5) is 14.2. The second-order valence-electron chi connectivity index (χ2n) is 8.48. The second kappa shape index (κ2) is 10.8. The number of ether oxygens (including phenoxy) is 2. The molecule has 7 nitrogen and oxygen atoms in total. The van der Waals surface area contributed by atoms with E-state index < -0.39 is 0 Å². The molecule has 4 rings (SSSR count). The molecule has 1 aromatic heterocycles. The summed E-state index contributed by atoms with van der Waals surface area (Å²) in [5.41, 5.74) is 3.63. The Hall–Kier alpha value is -2.64. The molecule has 2 unspecified atom stereocenters. The van der Waals surface area contributed by atoms with E-state index in [1.807, 2.05) is 6.20 Å². The van der Waals surface area contributed by atoms with Crippen molar-refractivity contribution in [3.63, 3.8) is 0 Å². The molecule has 3 heterocycles. The monoisotopic (exact) mass is 437 g/mol. The average Bonchev–Trinajstić information content (AvgIpc) is 2.82. The van der Waals surface area contributed by atoms with Crippen LogP contribution < -0.4 is 10.2 Å². The van der Waals surface area contributed by atoms with Gasteiger partial charge >= 0.3 is 0 Å². The van der Waals surface area contributed by atoms with Crippen LogP contribution in [0, 0.1) is 6.92 Å². The lowest BCUT2D eigenvalue weighted by Gasteiger charge is -2.35. The van der Waals surface area contributed by atoms with Crippen molar-refractivity contribution in [3.05, 3.63) is 59.3 Å². The van der Waals surface area contributed by atoms with Crippen molar-refractivity contribution in [3.8, 4) is 0 Å². The summed E-state index contributed by atoms with van der Waals surface area (Å²) in [7, 11) is 0. The lowest BCUT2D eigenvalue weighted by Crippen LogP contribution is -2.48. The molecule has 0 saturated carbocycles. The molecule has 2 atom stereocenters. The number of morpholine rings is 2. The first-order chi connectivity index (χ1) is 15.6. The van der Waals surface area contributed by atoms with Gasteiger partial charge in [0.2, 0.25) is 0 Å². The molecule has 2 aliphatic heterocycles. The Morgan fingerprint density at radius 3 is 2.72 bits per heavy atom. The maximum Gasteiger partial charge on any atom is 0.194 e. The van der Waals surface area contributed by atoms with Crippen LogP contribution in [-0.2, 0) is 16.0 Å². The van der Waals surface area contributed by atoms with Crippen LogP contribution in [0.2, 0.25) is 0 Å². The van der Waals surface area contributed by atoms with E-state index in [1.165, 1.54) is 11.1 Å². The topological polar surface area (TPSA) is 62.2 Å². The number of pyridine rings is 1. The number of aromatic nitrogens is 1. The summed E-state index contributed by atoms with van der Waals surface area (Å²) in [6.45, 7) is 12.6. The highest BCUT2D eigenvalue weighted by Gasteiger charge is 2.25. The van der Waals surface area contributed by atoms with E-state index in [9.17, 15) is 0 Å². The van der Waals surface area contributed by atoms with Crippen molar-refractivity contribution in [1.29, 1.82) is 0 Å². The number of guanidine groups is 1. The van der Waals surface area contributed by atoms with E-state index in [4.69, 9.17) is 14.5 Å². The van der Waals surface area contributed by atoms with Gasteiger partial charge in [0.1, 0.15) is 11.9 Å². The van der Waals surface area contributed by atoms with E-state index >= 15 is 0 Å². The molecule has 7 heteroatoms. The zero-order valence-corrected chi connectivity index (χ0v) is 19.5. The molecule has 0 aliphatic carbocycles. The van der Waals surface area contributed by atoms with E-state index in [0.29, 0.717) is 13.2 Å². The number of nitrogens with one attached hydrogen (secondary N) is 1. The molecule has 2 aromatic rings. The Morgan fingerprint density at radius 2 is 1.97 bits per heavy atom. The van der Waals surface area contributed by atoms with Crippen LogP contribution in [0.15, 0.2) is 47.6 Å². The molecule has 1 N–H and O–H groups in total. The minimum atomic E-state index is 0.0608. The number of aryl methyl sites for hydroxylation is 1. The molecular weight excluding hydrogens is 402 g/mol. The van der Waals surface area contributed by atoms with E-state index in [1.54, 1.807) is 0 Å². The predicted octanol–water partition coefficient (Wildman–Crippen LogP) is 3.15. The maximum absolute atomic E-state index is 6.10. The Labute approximate surface area is 191 Å². The summed E-state index contributed by atoms with van der Waals surface area (Å²) in [5, 5.41) is 3.45. The lowest BCUT2D eigenvalue weighted by molar-refractivity contribution is -0.00834. The highest BCUT2D eigenvalue weighted by Crippen LogP contribution is 2.25. The van der Waals surface area contributed by atoms with Crippen LogP contribution in [0.3, 0.4) is 0 Å². The van der Waals surface area contributed by atoms with Gasteiger partial charge < -0.3 is 24.6 Å². The van der Waals surface area contributed by atoms with E-state index in [2.05, 4.69) is 77.3 Å². The molecule has 1 aromatic carbocycles. The number of nitrogens with zero attached hydrogens (tertiary/aromatic N) is 4. The largest absolute Gasteiger partial charge is 0.375 e. The second-order valence-corrected chi connectivity index (χ2v) is 8.48. The number of rotatable bonds is 5. The number of benzene rings is 1. The van der Waals surface area contributed by atoms with Crippen LogP contribution >= 0.6 is 0 Å². The predicted molar refractivity (Wildman–Crippen MR) is 128 cm³/mol. The van der Waals surface area contributed by atoms with Crippen molar-refractivity contribution in [2.24, 2.45) is 4.99 Å². The summed E-state index contributed by atoms with van der Waals surface area (Å²) < 4.78 is 11.7. The quantitative estimate of drug-likeness (QED) is 0.573. The van der Waals surface area contributed by atoms with Gasteiger partial charge in [-0.25, -0.2) is 9.98 Å². The van der Waals surface area contributed by atoms with E-state index in [0.717, 1.165) is 56.7 Å². The maximum atomic E-state index is 6.10. The van der Waals surface area contributed by atoms with Gasteiger partial charge in [-0.1, -0.05) is 30.3 Å². The smallest absolute Gasteiger partial charge is 0.194 e. The Morgan fingerprint density at radius 1 is 1.12 bits per heavy atom. The summed E-state index contributed by atoms with van der Waals surface area (Å²) in [6.07, 6.45) is 2.25. The first kappa shape index (κ1) is 22.6. The summed E-state index contributed by atoms with van der Waals surface area (Å²) in [5.74, 6) is 1.94. The molecule has 2 fully saturated rings. The Balaban J connectivity index is 1.42.